The minimum Gasteiger partial charge on any atom is -0.471 e. The number of ether oxygens (including phenoxy) is 1. The van der Waals surface area contributed by atoms with Crippen molar-refractivity contribution in [3.05, 3.63) is 59.2 Å². The van der Waals surface area contributed by atoms with E-state index in [1.54, 1.807) is 17.1 Å². The zero-order chi connectivity index (χ0) is 19.4. The van der Waals surface area contributed by atoms with Crippen LogP contribution >= 0.6 is 0 Å². The van der Waals surface area contributed by atoms with Gasteiger partial charge in [0.2, 0.25) is 5.91 Å². The highest BCUT2D eigenvalue weighted by atomic mass is 16.5. The summed E-state index contributed by atoms with van der Waals surface area (Å²) in [5.41, 5.74) is 4.94. The zero-order valence-corrected chi connectivity index (χ0v) is 16.2. The number of aromatic nitrogens is 4. The van der Waals surface area contributed by atoms with Crippen molar-refractivity contribution in [3.63, 3.8) is 0 Å². The molecular formula is C20H25N5O2. The molecule has 27 heavy (non-hydrogen) atoms. The number of carbonyl (C=O) groups excluding carboxylic acids is 1. The molecule has 1 aromatic carbocycles. The SMILES string of the molecule is Cc1ccc(OCn2cc(NC(=O)CCn3nc(C)cc3C)cn2)c(C)c1. The van der Waals surface area contributed by atoms with E-state index in [0.29, 0.717) is 18.7 Å². The second-order valence-electron chi connectivity index (χ2n) is 6.76. The Hall–Kier alpha value is -3.09. The van der Waals surface area contributed by atoms with Gasteiger partial charge in [-0.3, -0.25) is 9.48 Å². The summed E-state index contributed by atoms with van der Waals surface area (Å²) in [7, 11) is 0. The van der Waals surface area contributed by atoms with Gasteiger partial charge >= 0.3 is 0 Å². The number of aryl methyl sites for hydroxylation is 5. The number of nitrogens with one attached hydrogen (secondary N) is 1. The molecule has 142 valence electrons. The number of benzene rings is 1. The molecule has 2 heterocycles. The molecule has 0 aliphatic rings. The summed E-state index contributed by atoms with van der Waals surface area (Å²) in [5.74, 6) is 0.754. The third kappa shape index (κ3) is 4.97. The average Bonchev–Trinajstić information content (AvgIpc) is 3.18. The lowest BCUT2D eigenvalue weighted by molar-refractivity contribution is -0.116. The quantitative estimate of drug-likeness (QED) is 0.695. The largest absolute Gasteiger partial charge is 0.471 e. The van der Waals surface area contributed by atoms with Gasteiger partial charge < -0.3 is 10.1 Å². The first-order valence-corrected chi connectivity index (χ1v) is 8.94. The summed E-state index contributed by atoms with van der Waals surface area (Å²) < 4.78 is 9.29. The van der Waals surface area contributed by atoms with Gasteiger partial charge in [0.05, 0.1) is 23.8 Å². The maximum Gasteiger partial charge on any atom is 0.226 e. The number of hydrogen-bond donors (Lipinski definition) is 1. The van der Waals surface area contributed by atoms with Crippen LogP contribution in [-0.4, -0.2) is 25.5 Å². The molecule has 0 atom stereocenters. The van der Waals surface area contributed by atoms with Crippen molar-refractivity contribution >= 4 is 11.6 Å². The molecule has 1 N–H and O–H groups in total. The summed E-state index contributed by atoms with van der Waals surface area (Å²) in [6.07, 6.45) is 3.73. The molecule has 0 radical (unpaired) electrons. The standard InChI is InChI=1S/C20H25N5O2/c1-14-5-6-19(15(2)9-14)27-13-24-12-18(11-21-24)22-20(26)7-8-25-17(4)10-16(3)23-25/h5-6,9-12H,7-8,13H2,1-4H3,(H,22,26). The Labute approximate surface area is 159 Å². The van der Waals surface area contributed by atoms with Gasteiger partial charge in [-0.05, 0) is 45.4 Å². The molecule has 2 aromatic heterocycles. The van der Waals surface area contributed by atoms with Crippen LogP contribution in [0.3, 0.4) is 0 Å². The first-order valence-electron chi connectivity index (χ1n) is 8.94. The molecule has 0 saturated heterocycles. The van der Waals surface area contributed by atoms with Crippen molar-refractivity contribution in [1.82, 2.24) is 19.6 Å². The van der Waals surface area contributed by atoms with E-state index in [1.807, 2.05) is 50.6 Å². The predicted octanol–water partition coefficient (Wildman–Crippen LogP) is 3.38. The summed E-state index contributed by atoms with van der Waals surface area (Å²) in [6, 6.07) is 8.04. The second kappa shape index (κ2) is 8.07. The molecule has 3 aromatic rings. The van der Waals surface area contributed by atoms with Gasteiger partial charge in [-0.25, -0.2) is 4.68 Å². The minimum atomic E-state index is -0.0719. The highest BCUT2D eigenvalue weighted by Crippen LogP contribution is 2.19. The second-order valence-corrected chi connectivity index (χ2v) is 6.76. The number of rotatable bonds is 7. The van der Waals surface area contributed by atoms with E-state index in [2.05, 4.69) is 21.6 Å². The third-order valence-corrected chi connectivity index (χ3v) is 4.25. The van der Waals surface area contributed by atoms with Crippen LogP contribution in [0.2, 0.25) is 0 Å². The molecule has 0 fully saturated rings. The molecule has 0 spiro atoms. The van der Waals surface area contributed by atoms with Crippen molar-refractivity contribution in [2.45, 2.75) is 47.4 Å². The smallest absolute Gasteiger partial charge is 0.226 e. The van der Waals surface area contributed by atoms with Crippen LogP contribution in [0.5, 0.6) is 5.75 Å². The monoisotopic (exact) mass is 367 g/mol. The zero-order valence-electron chi connectivity index (χ0n) is 16.2. The van der Waals surface area contributed by atoms with Gasteiger partial charge in [-0.2, -0.15) is 10.2 Å². The molecular weight excluding hydrogens is 342 g/mol. The Bertz CT molecular complexity index is 942. The summed E-state index contributed by atoms with van der Waals surface area (Å²) >= 11 is 0. The fourth-order valence-corrected chi connectivity index (χ4v) is 2.93. The Balaban J connectivity index is 1.49. The topological polar surface area (TPSA) is 74.0 Å². The summed E-state index contributed by atoms with van der Waals surface area (Å²) in [4.78, 5) is 12.1. The van der Waals surface area contributed by atoms with E-state index in [1.165, 1.54) is 5.56 Å². The fourth-order valence-electron chi connectivity index (χ4n) is 2.93. The number of nitrogens with zero attached hydrogens (tertiary/aromatic N) is 4. The van der Waals surface area contributed by atoms with E-state index < -0.39 is 0 Å². The van der Waals surface area contributed by atoms with Crippen LogP contribution in [0.4, 0.5) is 5.69 Å². The molecule has 3 rings (SSSR count). The maximum atomic E-state index is 12.1. The Kier molecular flexibility index (Phi) is 5.59. The molecule has 0 saturated carbocycles. The van der Waals surface area contributed by atoms with E-state index in [4.69, 9.17) is 4.74 Å². The van der Waals surface area contributed by atoms with Crippen LogP contribution in [-0.2, 0) is 18.1 Å². The summed E-state index contributed by atoms with van der Waals surface area (Å²) in [5, 5.41) is 11.4. The van der Waals surface area contributed by atoms with E-state index in [9.17, 15) is 4.79 Å². The Morgan fingerprint density at radius 1 is 1.19 bits per heavy atom. The van der Waals surface area contributed by atoms with Crippen LogP contribution in [0.25, 0.3) is 0 Å². The average molecular weight is 367 g/mol. The van der Waals surface area contributed by atoms with Crippen LogP contribution in [0, 0.1) is 27.7 Å². The van der Waals surface area contributed by atoms with Crippen molar-refractivity contribution in [1.29, 1.82) is 0 Å². The maximum absolute atomic E-state index is 12.1. The van der Waals surface area contributed by atoms with E-state index in [-0.39, 0.29) is 12.6 Å². The van der Waals surface area contributed by atoms with Crippen LogP contribution < -0.4 is 10.1 Å². The lowest BCUT2D eigenvalue weighted by atomic mass is 10.1. The van der Waals surface area contributed by atoms with Gasteiger partial charge in [0, 0.05) is 18.7 Å². The van der Waals surface area contributed by atoms with Gasteiger partial charge in [0.25, 0.3) is 0 Å². The highest BCUT2D eigenvalue weighted by molar-refractivity contribution is 5.90. The highest BCUT2D eigenvalue weighted by Gasteiger charge is 2.08. The van der Waals surface area contributed by atoms with E-state index >= 15 is 0 Å². The van der Waals surface area contributed by atoms with Crippen LogP contribution in [0.1, 0.15) is 28.9 Å². The molecule has 7 heteroatoms. The predicted molar refractivity (Wildman–Crippen MR) is 104 cm³/mol. The first-order chi connectivity index (χ1) is 12.9. The molecule has 7 nitrogen and oxygen atoms in total. The van der Waals surface area contributed by atoms with Crippen molar-refractivity contribution in [3.8, 4) is 5.75 Å². The molecule has 0 aliphatic heterocycles. The van der Waals surface area contributed by atoms with Gasteiger partial charge in [0.1, 0.15) is 5.75 Å². The minimum absolute atomic E-state index is 0.0719. The molecule has 0 unspecified atom stereocenters. The lowest BCUT2D eigenvalue weighted by Crippen LogP contribution is -2.15. The molecule has 0 bridgehead atoms. The summed E-state index contributed by atoms with van der Waals surface area (Å²) in [6.45, 7) is 8.82. The van der Waals surface area contributed by atoms with Crippen molar-refractivity contribution < 1.29 is 9.53 Å². The van der Waals surface area contributed by atoms with Gasteiger partial charge in [-0.1, -0.05) is 17.7 Å². The Morgan fingerprint density at radius 3 is 2.70 bits per heavy atom. The number of amides is 1. The normalized spacial score (nSPS) is 10.8. The van der Waals surface area contributed by atoms with Crippen LogP contribution in [0.15, 0.2) is 36.7 Å². The third-order valence-electron chi connectivity index (χ3n) is 4.25. The van der Waals surface area contributed by atoms with Gasteiger partial charge in [-0.15, -0.1) is 0 Å². The number of hydrogen-bond acceptors (Lipinski definition) is 4. The fraction of sp³-hybridized carbons (Fsp3) is 0.350. The lowest BCUT2D eigenvalue weighted by Gasteiger charge is -2.09. The van der Waals surface area contributed by atoms with Crippen molar-refractivity contribution in [2.24, 2.45) is 0 Å². The van der Waals surface area contributed by atoms with E-state index in [0.717, 1.165) is 22.7 Å². The van der Waals surface area contributed by atoms with Crippen molar-refractivity contribution in [2.75, 3.05) is 5.32 Å². The van der Waals surface area contributed by atoms with Gasteiger partial charge in [0.15, 0.2) is 6.73 Å². The number of anilines is 1. The number of carbonyl (C=O) groups is 1. The molecule has 0 aliphatic carbocycles. The Morgan fingerprint density at radius 2 is 2.00 bits per heavy atom. The first kappa shape index (κ1) is 18.7. The molecule has 1 amide bonds.